The Hall–Kier alpha value is -2.35. The summed E-state index contributed by atoms with van der Waals surface area (Å²) in [6, 6.07) is 6.12. The molecule has 23 heavy (non-hydrogen) atoms. The van der Waals surface area contributed by atoms with Crippen molar-refractivity contribution >= 4 is 41.2 Å². The molecule has 2 N–H and O–H groups in total. The second kappa shape index (κ2) is 6.82. The standard InChI is InChI=1S/C15H15NO6S/c1-8(15(21)22)23-11-7-12(17)16(14(11)20)10-4-2-9(3-5-10)6-13(18)19/h2-5,8,11H,6-7H2,1H3,(H,18,19)(H,21,22). The number of benzene rings is 1. The van der Waals surface area contributed by atoms with E-state index in [0.717, 1.165) is 16.7 Å². The molecule has 1 heterocycles. The fourth-order valence-corrected chi connectivity index (χ4v) is 3.29. The quantitative estimate of drug-likeness (QED) is 0.749. The van der Waals surface area contributed by atoms with Crippen molar-refractivity contribution in [3.63, 3.8) is 0 Å². The van der Waals surface area contributed by atoms with Gasteiger partial charge in [0, 0.05) is 6.42 Å². The van der Waals surface area contributed by atoms with Gasteiger partial charge in [0.2, 0.25) is 11.8 Å². The van der Waals surface area contributed by atoms with Gasteiger partial charge in [0.05, 0.1) is 17.4 Å². The number of rotatable bonds is 6. The normalized spacial score (nSPS) is 19.0. The van der Waals surface area contributed by atoms with Crippen LogP contribution in [0.4, 0.5) is 5.69 Å². The summed E-state index contributed by atoms with van der Waals surface area (Å²) in [4.78, 5) is 46.9. The Kier molecular flexibility index (Phi) is 5.05. The number of hydrogen-bond donors (Lipinski definition) is 2. The number of thioether (sulfide) groups is 1. The fourth-order valence-electron chi connectivity index (χ4n) is 2.22. The highest BCUT2D eigenvalue weighted by Gasteiger charge is 2.41. The van der Waals surface area contributed by atoms with Crippen molar-refractivity contribution in [2.75, 3.05) is 4.90 Å². The maximum atomic E-state index is 12.3. The molecule has 1 saturated heterocycles. The van der Waals surface area contributed by atoms with Gasteiger partial charge in [-0.25, -0.2) is 4.90 Å². The van der Waals surface area contributed by atoms with E-state index in [4.69, 9.17) is 10.2 Å². The molecule has 2 amide bonds. The van der Waals surface area contributed by atoms with Gasteiger partial charge in [-0.05, 0) is 24.6 Å². The predicted octanol–water partition coefficient (Wildman–Crippen LogP) is 1.15. The zero-order chi connectivity index (χ0) is 17.1. The van der Waals surface area contributed by atoms with E-state index in [9.17, 15) is 19.2 Å². The lowest BCUT2D eigenvalue weighted by Gasteiger charge is -2.16. The molecule has 2 atom stereocenters. The van der Waals surface area contributed by atoms with Crippen LogP contribution in [0.1, 0.15) is 18.9 Å². The number of nitrogens with zero attached hydrogens (tertiary/aromatic N) is 1. The number of carboxylic acid groups (broad SMARTS) is 2. The third kappa shape index (κ3) is 3.89. The van der Waals surface area contributed by atoms with Gasteiger partial charge in [-0.15, -0.1) is 11.8 Å². The molecule has 2 unspecified atom stereocenters. The van der Waals surface area contributed by atoms with Crippen LogP contribution in [0, 0.1) is 0 Å². The van der Waals surface area contributed by atoms with Gasteiger partial charge in [0.1, 0.15) is 5.25 Å². The van der Waals surface area contributed by atoms with Gasteiger partial charge in [-0.2, -0.15) is 0 Å². The Labute approximate surface area is 136 Å². The summed E-state index contributed by atoms with van der Waals surface area (Å²) in [6.07, 6.45) is -0.186. The summed E-state index contributed by atoms with van der Waals surface area (Å²) in [7, 11) is 0. The van der Waals surface area contributed by atoms with Crippen LogP contribution >= 0.6 is 11.8 Å². The van der Waals surface area contributed by atoms with Gasteiger partial charge in [-0.3, -0.25) is 19.2 Å². The van der Waals surface area contributed by atoms with Crippen LogP contribution in [0.2, 0.25) is 0 Å². The van der Waals surface area contributed by atoms with E-state index in [-0.39, 0.29) is 12.8 Å². The fraction of sp³-hybridized carbons (Fsp3) is 0.333. The van der Waals surface area contributed by atoms with Gasteiger partial charge >= 0.3 is 11.9 Å². The van der Waals surface area contributed by atoms with Crippen LogP contribution in [0.15, 0.2) is 24.3 Å². The van der Waals surface area contributed by atoms with E-state index in [0.29, 0.717) is 11.3 Å². The molecule has 0 aromatic heterocycles. The molecule has 7 nitrogen and oxygen atoms in total. The Morgan fingerprint density at radius 1 is 1.26 bits per heavy atom. The Morgan fingerprint density at radius 2 is 1.87 bits per heavy atom. The maximum absolute atomic E-state index is 12.3. The predicted molar refractivity (Wildman–Crippen MR) is 83.4 cm³/mol. The highest BCUT2D eigenvalue weighted by molar-refractivity contribution is 8.01. The van der Waals surface area contributed by atoms with Gasteiger partial charge < -0.3 is 10.2 Å². The molecule has 8 heteroatoms. The Balaban J connectivity index is 2.13. The molecule has 0 saturated carbocycles. The highest BCUT2D eigenvalue weighted by Crippen LogP contribution is 2.32. The lowest BCUT2D eigenvalue weighted by atomic mass is 10.1. The molecule has 1 aliphatic heterocycles. The van der Waals surface area contributed by atoms with E-state index in [1.54, 1.807) is 12.1 Å². The molecule has 0 bridgehead atoms. The lowest BCUT2D eigenvalue weighted by Crippen LogP contribution is -2.32. The van der Waals surface area contributed by atoms with Gasteiger partial charge in [0.25, 0.3) is 0 Å². The number of anilines is 1. The molecule has 0 aliphatic carbocycles. The van der Waals surface area contributed by atoms with Crippen LogP contribution < -0.4 is 4.90 Å². The van der Waals surface area contributed by atoms with E-state index >= 15 is 0 Å². The molecular formula is C15H15NO6S. The summed E-state index contributed by atoms with van der Waals surface area (Å²) < 4.78 is 0. The summed E-state index contributed by atoms with van der Waals surface area (Å²) in [6.45, 7) is 1.47. The Bertz CT molecular complexity index is 656. The minimum atomic E-state index is -1.04. The second-order valence-electron chi connectivity index (χ2n) is 5.11. The number of carbonyl (C=O) groups is 4. The monoisotopic (exact) mass is 337 g/mol. The van der Waals surface area contributed by atoms with Crippen LogP contribution in [-0.4, -0.2) is 44.5 Å². The molecule has 0 radical (unpaired) electrons. The van der Waals surface area contributed by atoms with E-state index in [1.165, 1.54) is 19.1 Å². The first-order chi connectivity index (χ1) is 10.8. The first kappa shape index (κ1) is 17.0. The number of hydrogen-bond acceptors (Lipinski definition) is 5. The topological polar surface area (TPSA) is 112 Å². The van der Waals surface area contributed by atoms with Gasteiger partial charge in [0.15, 0.2) is 0 Å². The van der Waals surface area contributed by atoms with Crippen molar-refractivity contribution < 1.29 is 29.4 Å². The third-order valence-corrected chi connectivity index (χ3v) is 4.68. The van der Waals surface area contributed by atoms with Crippen molar-refractivity contribution in [1.82, 2.24) is 0 Å². The molecule has 1 aliphatic rings. The smallest absolute Gasteiger partial charge is 0.316 e. The summed E-state index contributed by atoms with van der Waals surface area (Å²) in [5.74, 6) is -2.84. The SMILES string of the molecule is CC(SC1CC(=O)N(c2ccc(CC(=O)O)cc2)C1=O)C(=O)O. The average Bonchev–Trinajstić information content (AvgIpc) is 2.74. The zero-order valence-electron chi connectivity index (χ0n) is 12.3. The summed E-state index contributed by atoms with van der Waals surface area (Å²) in [5.41, 5.74) is 0.922. The average molecular weight is 337 g/mol. The van der Waals surface area contributed by atoms with Crippen molar-refractivity contribution in [3.05, 3.63) is 29.8 Å². The van der Waals surface area contributed by atoms with Crippen molar-refractivity contribution in [1.29, 1.82) is 0 Å². The van der Waals surface area contributed by atoms with Crippen molar-refractivity contribution in [2.24, 2.45) is 0 Å². The number of imide groups is 1. The van der Waals surface area contributed by atoms with Gasteiger partial charge in [-0.1, -0.05) is 12.1 Å². The third-order valence-electron chi connectivity index (χ3n) is 3.37. The zero-order valence-corrected chi connectivity index (χ0v) is 13.1. The largest absolute Gasteiger partial charge is 0.481 e. The second-order valence-corrected chi connectivity index (χ2v) is 6.66. The number of carboxylic acids is 2. The van der Waals surface area contributed by atoms with Crippen LogP contribution in [0.3, 0.4) is 0 Å². The lowest BCUT2D eigenvalue weighted by molar-refractivity contribution is -0.137. The molecule has 1 aromatic rings. The number of amides is 2. The molecule has 0 spiro atoms. The van der Waals surface area contributed by atoms with Crippen LogP contribution in [-0.2, 0) is 25.6 Å². The first-order valence-corrected chi connectivity index (χ1v) is 7.79. The summed E-state index contributed by atoms with van der Waals surface area (Å²) >= 11 is 0.948. The minimum Gasteiger partial charge on any atom is -0.481 e. The van der Waals surface area contributed by atoms with E-state index in [2.05, 4.69) is 0 Å². The molecular weight excluding hydrogens is 322 g/mol. The molecule has 1 aromatic carbocycles. The first-order valence-electron chi connectivity index (χ1n) is 6.85. The van der Waals surface area contributed by atoms with E-state index < -0.39 is 34.3 Å². The van der Waals surface area contributed by atoms with E-state index in [1.807, 2.05) is 0 Å². The minimum absolute atomic E-state index is 0.0437. The van der Waals surface area contributed by atoms with Crippen molar-refractivity contribution in [2.45, 2.75) is 30.3 Å². The Morgan fingerprint density at radius 3 is 2.39 bits per heavy atom. The van der Waals surface area contributed by atoms with Crippen LogP contribution in [0.5, 0.6) is 0 Å². The molecule has 122 valence electrons. The summed E-state index contributed by atoms with van der Waals surface area (Å²) in [5, 5.41) is 16.1. The molecule has 1 fully saturated rings. The number of carbonyl (C=O) groups excluding carboxylic acids is 2. The molecule has 2 rings (SSSR count). The highest BCUT2D eigenvalue weighted by atomic mass is 32.2. The van der Waals surface area contributed by atoms with Crippen molar-refractivity contribution in [3.8, 4) is 0 Å². The maximum Gasteiger partial charge on any atom is 0.316 e. The van der Waals surface area contributed by atoms with Crippen LogP contribution in [0.25, 0.3) is 0 Å². The number of aliphatic carboxylic acids is 2.